The number of nitrogens with one attached hydrogen (secondary N) is 1. The van der Waals surface area contributed by atoms with E-state index in [0.717, 1.165) is 29.7 Å². The number of piperidine rings is 1. The van der Waals surface area contributed by atoms with E-state index in [1.165, 1.54) is 0 Å². The van der Waals surface area contributed by atoms with Gasteiger partial charge in [0.05, 0.1) is 5.92 Å². The van der Waals surface area contributed by atoms with Crippen molar-refractivity contribution in [3.05, 3.63) is 102 Å². The van der Waals surface area contributed by atoms with Crippen LogP contribution in [0.25, 0.3) is 0 Å². The van der Waals surface area contributed by atoms with Crippen molar-refractivity contribution in [2.75, 3.05) is 18.4 Å². The first-order valence-electron chi connectivity index (χ1n) is 10.9. The minimum atomic E-state index is -0.176. The molecule has 0 spiro atoms. The highest BCUT2D eigenvalue weighted by atomic mass is 16.2. The predicted molar refractivity (Wildman–Crippen MR) is 124 cm³/mol. The van der Waals surface area contributed by atoms with Crippen molar-refractivity contribution >= 4 is 17.5 Å². The van der Waals surface area contributed by atoms with Crippen molar-refractivity contribution in [1.82, 2.24) is 4.90 Å². The van der Waals surface area contributed by atoms with Crippen LogP contribution in [0.5, 0.6) is 0 Å². The van der Waals surface area contributed by atoms with Crippen LogP contribution in [0.4, 0.5) is 5.69 Å². The maximum absolute atomic E-state index is 13.3. The molecule has 1 fully saturated rings. The van der Waals surface area contributed by atoms with Crippen LogP contribution in [-0.4, -0.2) is 29.8 Å². The Balaban J connectivity index is 1.44. The number of anilines is 1. The molecule has 1 saturated heterocycles. The molecule has 1 N–H and O–H groups in total. The number of benzene rings is 3. The van der Waals surface area contributed by atoms with E-state index in [1.807, 2.05) is 71.6 Å². The molecule has 0 aliphatic carbocycles. The number of nitrogens with zero attached hydrogens (tertiary/aromatic N) is 1. The number of amides is 2. The van der Waals surface area contributed by atoms with Crippen molar-refractivity contribution in [2.45, 2.75) is 25.2 Å². The third-order valence-electron chi connectivity index (χ3n) is 5.97. The van der Waals surface area contributed by atoms with Gasteiger partial charge in [0.15, 0.2) is 0 Å². The summed E-state index contributed by atoms with van der Waals surface area (Å²) >= 11 is 0. The molecule has 1 atom stereocenters. The van der Waals surface area contributed by atoms with Crippen LogP contribution in [0.15, 0.2) is 91.0 Å². The SMILES string of the molecule is O=C(Nc1ccccc1)C1CCCN(C(=O)CC(c2ccccc2)c2ccccc2)C1. The van der Waals surface area contributed by atoms with E-state index < -0.39 is 0 Å². The third kappa shape index (κ3) is 5.40. The second-order valence-corrected chi connectivity index (χ2v) is 8.11. The summed E-state index contributed by atoms with van der Waals surface area (Å²) in [5.41, 5.74) is 3.07. The van der Waals surface area contributed by atoms with Gasteiger partial charge < -0.3 is 10.2 Å². The highest BCUT2D eigenvalue weighted by Crippen LogP contribution is 2.29. The third-order valence-corrected chi connectivity index (χ3v) is 5.97. The van der Waals surface area contributed by atoms with E-state index in [2.05, 4.69) is 29.6 Å². The van der Waals surface area contributed by atoms with E-state index in [9.17, 15) is 9.59 Å². The van der Waals surface area contributed by atoms with Gasteiger partial charge in [-0.2, -0.15) is 0 Å². The second-order valence-electron chi connectivity index (χ2n) is 8.11. The number of hydrogen-bond donors (Lipinski definition) is 1. The molecule has 4 rings (SSSR count). The zero-order valence-corrected chi connectivity index (χ0v) is 17.6. The van der Waals surface area contributed by atoms with Crippen LogP contribution in [0.1, 0.15) is 36.3 Å². The van der Waals surface area contributed by atoms with Crippen LogP contribution < -0.4 is 5.32 Å². The van der Waals surface area contributed by atoms with E-state index in [1.54, 1.807) is 0 Å². The molecule has 1 unspecified atom stereocenters. The van der Waals surface area contributed by atoms with Gasteiger partial charge in [-0.05, 0) is 36.1 Å². The molecular weight excluding hydrogens is 384 g/mol. The van der Waals surface area contributed by atoms with Gasteiger partial charge in [0.1, 0.15) is 0 Å². The van der Waals surface area contributed by atoms with Crippen LogP contribution in [-0.2, 0) is 9.59 Å². The normalized spacial score (nSPS) is 16.2. The number of rotatable bonds is 6. The van der Waals surface area contributed by atoms with Gasteiger partial charge in [0, 0.05) is 31.1 Å². The standard InChI is InChI=1S/C27H28N2O2/c30-26(19-25(21-11-4-1-5-12-21)22-13-6-2-7-14-22)29-18-10-15-23(20-29)27(31)28-24-16-8-3-9-17-24/h1-9,11-14,16-17,23,25H,10,15,18-20H2,(H,28,31). The number of hydrogen-bond acceptors (Lipinski definition) is 2. The molecule has 31 heavy (non-hydrogen) atoms. The van der Waals surface area contributed by atoms with Crippen molar-refractivity contribution in [1.29, 1.82) is 0 Å². The highest BCUT2D eigenvalue weighted by Gasteiger charge is 2.30. The quantitative estimate of drug-likeness (QED) is 0.613. The fourth-order valence-corrected chi connectivity index (χ4v) is 4.29. The van der Waals surface area contributed by atoms with Crippen molar-refractivity contribution < 1.29 is 9.59 Å². The van der Waals surface area contributed by atoms with E-state index in [0.29, 0.717) is 19.5 Å². The summed E-state index contributed by atoms with van der Waals surface area (Å²) in [5, 5.41) is 2.99. The van der Waals surface area contributed by atoms with Gasteiger partial charge in [0.25, 0.3) is 0 Å². The molecule has 2 amide bonds. The summed E-state index contributed by atoms with van der Waals surface area (Å²) < 4.78 is 0. The zero-order chi connectivity index (χ0) is 21.5. The Kier molecular flexibility index (Phi) is 6.78. The van der Waals surface area contributed by atoms with Crippen molar-refractivity contribution in [3.63, 3.8) is 0 Å². The molecular formula is C27H28N2O2. The first-order chi connectivity index (χ1) is 15.2. The number of likely N-dealkylation sites (tertiary alicyclic amines) is 1. The fraction of sp³-hybridized carbons (Fsp3) is 0.259. The van der Waals surface area contributed by atoms with Crippen LogP contribution in [0.3, 0.4) is 0 Å². The summed E-state index contributed by atoms with van der Waals surface area (Å²) in [5.74, 6) is -0.0699. The number of para-hydroxylation sites is 1. The fourth-order valence-electron chi connectivity index (χ4n) is 4.29. The van der Waals surface area contributed by atoms with Crippen LogP contribution in [0, 0.1) is 5.92 Å². The summed E-state index contributed by atoms with van der Waals surface area (Å²) in [6, 6.07) is 29.9. The first-order valence-corrected chi connectivity index (χ1v) is 10.9. The number of carbonyl (C=O) groups excluding carboxylic acids is 2. The maximum atomic E-state index is 13.3. The van der Waals surface area contributed by atoms with Crippen LogP contribution >= 0.6 is 0 Å². The average Bonchev–Trinajstić information content (AvgIpc) is 2.84. The smallest absolute Gasteiger partial charge is 0.229 e. The Morgan fingerprint density at radius 3 is 1.97 bits per heavy atom. The summed E-state index contributed by atoms with van der Waals surface area (Å²) in [6.45, 7) is 1.19. The van der Waals surface area contributed by atoms with Gasteiger partial charge in [-0.15, -0.1) is 0 Å². The molecule has 0 bridgehead atoms. The van der Waals surface area contributed by atoms with E-state index in [4.69, 9.17) is 0 Å². The molecule has 4 nitrogen and oxygen atoms in total. The monoisotopic (exact) mass is 412 g/mol. The lowest BCUT2D eigenvalue weighted by Gasteiger charge is -2.33. The zero-order valence-electron chi connectivity index (χ0n) is 17.6. The molecule has 1 heterocycles. The minimum absolute atomic E-state index is 0.00780. The lowest BCUT2D eigenvalue weighted by Crippen LogP contribution is -2.44. The average molecular weight is 413 g/mol. The van der Waals surface area contributed by atoms with Crippen LogP contribution in [0.2, 0.25) is 0 Å². The minimum Gasteiger partial charge on any atom is -0.342 e. The summed E-state index contributed by atoms with van der Waals surface area (Å²) in [7, 11) is 0. The first kappa shape index (κ1) is 20.9. The largest absolute Gasteiger partial charge is 0.342 e. The van der Waals surface area contributed by atoms with E-state index in [-0.39, 0.29) is 23.7 Å². The maximum Gasteiger partial charge on any atom is 0.229 e. The molecule has 1 aliphatic heterocycles. The summed E-state index contributed by atoms with van der Waals surface area (Å²) in [4.78, 5) is 27.9. The molecule has 0 saturated carbocycles. The molecule has 4 heteroatoms. The topological polar surface area (TPSA) is 49.4 Å². The molecule has 3 aromatic carbocycles. The Hall–Kier alpha value is -3.40. The van der Waals surface area contributed by atoms with Gasteiger partial charge in [-0.25, -0.2) is 0 Å². The van der Waals surface area contributed by atoms with Crippen molar-refractivity contribution in [2.24, 2.45) is 5.92 Å². The second kappa shape index (κ2) is 10.1. The molecule has 3 aromatic rings. The lowest BCUT2D eigenvalue weighted by molar-refractivity contribution is -0.134. The number of carbonyl (C=O) groups is 2. The van der Waals surface area contributed by atoms with Gasteiger partial charge in [-0.1, -0.05) is 78.9 Å². The Morgan fingerprint density at radius 1 is 0.839 bits per heavy atom. The lowest BCUT2D eigenvalue weighted by atomic mass is 9.87. The molecule has 0 aromatic heterocycles. The summed E-state index contributed by atoms with van der Waals surface area (Å²) in [6.07, 6.45) is 2.06. The molecule has 1 aliphatic rings. The van der Waals surface area contributed by atoms with Gasteiger partial charge in [0.2, 0.25) is 11.8 Å². The Morgan fingerprint density at radius 2 is 1.39 bits per heavy atom. The Labute approximate surface area is 183 Å². The van der Waals surface area contributed by atoms with Crippen molar-refractivity contribution in [3.8, 4) is 0 Å². The predicted octanol–water partition coefficient (Wildman–Crippen LogP) is 5.09. The molecule has 158 valence electrons. The van der Waals surface area contributed by atoms with Gasteiger partial charge in [-0.3, -0.25) is 9.59 Å². The Bertz CT molecular complexity index is 950. The highest BCUT2D eigenvalue weighted by molar-refractivity contribution is 5.93. The molecule has 0 radical (unpaired) electrons. The van der Waals surface area contributed by atoms with Gasteiger partial charge >= 0.3 is 0 Å². The van der Waals surface area contributed by atoms with E-state index >= 15 is 0 Å².